The van der Waals surface area contributed by atoms with Gasteiger partial charge in [0.15, 0.2) is 0 Å². The van der Waals surface area contributed by atoms with Crippen LogP contribution in [0.1, 0.15) is 33.6 Å². The molecule has 0 saturated carbocycles. The molecule has 158 valence electrons. The van der Waals surface area contributed by atoms with Gasteiger partial charge in [0, 0.05) is 19.1 Å². The summed E-state index contributed by atoms with van der Waals surface area (Å²) in [6, 6.07) is 6.81. The van der Waals surface area contributed by atoms with Crippen LogP contribution in [0, 0.1) is 5.92 Å². The molecular weight excluding hydrogens is 402 g/mol. The molecule has 1 fully saturated rings. The lowest BCUT2D eigenvalue weighted by molar-refractivity contribution is -0.124. The fourth-order valence-electron chi connectivity index (χ4n) is 3.08. The average Bonchev–Trinajstić information content (AvgIpc) is 2.67. The normalized spacial score (nSPS) is 18.1. The summed E-state index contributed by atoms with van der Waals surface area (Å²) in [7, 11) is -7.05. The third-order valence-corrected chi connectivity index (χ3v) is 8.18. The summed E-state index contributed by atoms with van der Waals surface area (Å²) < 4.78 is 52.9. The van der Waals surface area contributed by atoms with E-state index in [1.165, 1.54) is 16.4 Å². The summed E-state index contributed by atoms with van der Waals surface area (Å²) in [6.45, 7) is 5.85. The van der Waals surface area contributed by atoms with Crippen LogP contribution in [0.25, 0.3) is 0 Å². The first-order valence-corrected chi connectivity index (χ1v) is 12.5. The number of carbonyl (C=O) groups excluding carboxylic acids is 1. The summed E-state index contributed by atoms with van der Waals surface area (Å²) in [5.41, 5.74) is 0. The van der Waals surface area contributed by atoms with E-state index in [1.54, 1.807) is 39.0 Å². The zero-order valence-corrected chi connectivity index (χ0v) is 18.1. The maximum atomic E-state index is 12.7. The third kappa shape index (κ3) is 5.76. The molecule has 0 bridgehead atoms. The number of nitrogens with zero attached hydrogens (tertiary/aromatic N) is 1. The number of benzene rings is 1. The first-order chi connectivity index (χ1) is 13.1. The fourth-order valence-corrected chi connectivity index (χ4v) is 5.58. The van der Waals surface area contributed by atoms with Crippen molar-refractivity contribution in [3.8, 4) is 0 Å². The standard InChI is InChI=1S/C18H29N3O5S2/c1-4-27(23,24)21-12-10-15(11-13-21)19-18(22)17(14(2)3)20-28(25,26)16-8-6-5-7-9-16/h5-9,14-15,17,20H,4,10-13H2,1-3H3,(H,19,22)/t17-/m0/s1. The van der Waals surface area contributed by atoms with E-state index in [1.807, 2.05) is 0 Å². The van der Waals surface area contributed by atoms with E-state index >= 15 is 0 Å². The maximum Gasteiger partial charge on any atom is 0.241 e. The molecule has 1 aromatic carbocycles. The van der Waals surface area contributed by atoms with Crippen LogP contribution in [0.3, 0.4) is 0 Å². The van der Waals surface area contributed by atoms with Gasteiger partial charge in [-0.15, -0.1) is 0 Å². The van der Waals surface area contributed by atoms with Crippen molar-refractivity contribution in [3.63, 3.8) is 0 Å². The van der Waals surface area contributed by atoms with Gasteiger partial charge in [-0.05, 0) is 37.8 Å². The van der Waals surface area contributed by atoms with Crippen LogP contribution in [-0.4, -0.2) is 58.0 Å². The Labute approximate surface area is 167 Å². The van der Waals surface area contributed by atoms with Gasteiger partial charge in [0.05, 0.1) is 10.6 Å². The number of piperidine rings is 1. The van der Waals surface area contributed by atoms with Crippen LogP contribution in [0.15, 0.2) is 35.2 Å². The molecule has 1 saturated heterocycles. The van der Waals surface area contributed by atoms with Crippen molar-refractivity contribution in [2.75, 3.05) is 18.8 Å². The molecule has 0 radical (unpaired) electrons. The van der Waals surface area contributed by atoms with Gasteiger partial charge in [-0.25, -0.2) is 21.1 Å². The molecule has 1 amide bonds. The summed E-state index contributed by atoms with van der Waals surface area (Å²) in [5.74, 6) is -0.592. The Morgan fingerprint density at radius 1 is 1.11 bits per heavy atom. The minimum absolute atomic E-state index is 0.0563. The zero-order valence-electron chi connectivity index (χ0n) is 16.5. The number of nitrogens with one attached hydrogen (secondary N) is 2. The zero-order chi connectivity index (χ0) is 20.9. The molecule has 1 aliphatic rings. The second-order valence-corrected chi connectivity index (χ2v) is 11.2. The molecule has 1 aromatic rings. The van der Waals surface area contributed by atoms with Crippen LogP contribution < -0.4 is 10.0 Å². The number of amides is 1. The predicted molar refractivity (Wildman–Crippen MR) is 108 cm³/mol. The topological polar surface area (TPSA) is 113 Å². The summed E-state index contributed by atoms with van der Waals surface area (Å²) in [5, 5.41) is 2.88. The molecule has 2 N–H and O–H groups in total. The van der Waals surface area contributed by atoms with Gasteiger partial charge in [0.2, 0.25) is 26.0 Å². The van der Waals surface area contributed by atoms with E-state index in [0.29, 0.717) is 25.9 Å². The quantitative estimate of drug-likeness (QED) is 0.636. The van der Waals surface area contributed by atoms with E-state index in [2.05, 4.69) is 10.0 Å². The van der Waals surface area contributed by atoms with Gasteiger partial charge < -0.3 is 5.32 Å². The number of sulfonamides is 2. The number of hydrogen-bond donors (Lipinski definition) is 2. The smallest absolute Gasteiger partial charge is 0.241 e. The highest BCUT2D eigenvalue weighted by Crippen LogP contribution is 2.16. The van der Waals surface area contributed by atoms with Crippen molar-refractivity contribution in [2.45, 2.75) is 50.6 Å². The van der Waals surface area contributed by atoms with Crippen molar-refractivity contribution in [1.29, 1.82) is 0 Å². The Hall–Kier alpha value is -1.49. The van der Waals surface area contributed by atoms with Crippen molar-refractivity contribution >= 4 is 26.0 Å². The molecule has 2 rings (SSSR count). The van der Waals surface area contributed by atoms with Crippen molar-refractivity contribution < 1.29 is 21.6 Å². The Morgan fingerprint density at radius 3 is 2.18 bits per heavy atom. The van der Waals surface area contributed by atoms with Gasteiger partial charge in [0.1, 0.15) is 6.04 Å². The monoisotopic (exact) mass is 431 g/mol. The lowest BCUT2D eigenvalue weighted by Gasteiger charge is -2.32. The SMILES string of the molecule is CCS(=O)(=O)N1CCC(NC(=O)[C@@H](NS(=O)(=O)c2ccccc2)C(C)C)CC1. The largest absolute Gasteiger partial charge is 0.352 e. The minimum Gasteiger partial charge on any atom is -0.352 e. The second kappa shape index (κ2) is 9.34. The molecule has 10 heteroatoms. The minimum atomic E-state index is -3.82. The summed E-state index contributed by atoms with van der Waals surface area (Å²) in [6.07, 6.45) is 1.00. The second-order valence-electron chi connectivity index (χ2n) is 7.24. The Morgan fingerprint density at radius 2 is 1.68 bits per heavy atom. The lowest BCUT2D eigenvalue weighted by Crippen LogP contribution is -2.54. The Bertz CT molecular complexity index is 862. The van der Waals surface area contributed by atoms with Crippen LogP contribution in [0.2, 0.25) is 0 Å². The van der Waals surface area contributed by atoms with Crippen molar-refractivity contribution in [2.24, 2.45) is 5.92 Å². The highest BCUT2D eigenvalue weighted by atomic mass is 32.2. The van der Waals surface area contributed by atoms with E-state index in [9.17, 15) is 21.6 Å². The Balaban J connectivity index is 2.01. The molecule has 0 unspecified atom stereocenters. The van der Waals surface area contributed by atoms with Crippen LogP contribution >= 0.6 is 0 Å². The van der Waals surface area contributed by atoms with Crippen LogP contribution in [0.5, 0.6) is 0 Å². The molecule has 28 heavy (non-hydrogen) atoms. The molecule has 0 aliphatic carbocycles. The van der Waals surface area contributed by atoms with E-state index in [4.69, 9.17) is 0 Å². The van der Waals surface area contributed by atoms with Crippen LogP contribution in [-0.2, 0) is 24.8 Å². The molecule has 8 nitrogen and oxygen atoms in total. The van der Waals surface area contributed by atoms with Gasteiger partial charge >= 0.3 is 0 Å². The molecule has 1 atom stereocenters. The number of hydrogen-bond acceptors (Lipinski definition) is 5. The van der Waals surface area contributed by atoms with E-state index < -0.39 is 32.0 Å². The molecule has 1 heterocycles. The average molecular weight is 432 g/mol. The maximum absolute atomic E-state index is 12.7. The van der Waals surface area contributed by atoms with Crippen molar-refractivity contribution in [3.05, 3.63) is 30.3 Å². The molecule has 0 aromatic heterocycles. The highest BCUT2D eigenvalue weighted by Gasteiger charge is 2.32. The summed E-state index contributed by atoms with van der Waals surface area (Å²) >= 11 is 0. The summed E-state index contributed by atoms with van der Waals surface area (Å²) in [4.78, 5) is 12.8. The highest BCUT2D eigenvalue weighted by molar-refractivity contribution is 7.89. The van der Waals surface area contributed by atoms with E-state index in [-0.39, 0.29) is 22.6 Å². The van der Waals surface area contributed by atoms with Gasteiger partial charge in [-0.3, -0.25) is 4.79 Å². The van der Waals surface area contributed by atoms with Gasteiger partial charge in [-0.2, -0.15) is 4.72 Å². The van der Waals surface area contributed by atoms with Gasteiger partial charge in [-0.1, -0.05) is 32.0 Å². The fraction of sp³-hybridized carbons (Fsp3) is 0.611. The third-order valence-electron chi connectivity index (χ3n) is 4.84. The first kappa shape index (κ1) is 22.8. The predicted octanol–water partition coefficient (Wildman–Crippen LogP) is 0.920. The van der Waals surface area contributed by atoms with E-state index in [0.717, 1.165) is 0 Å². The Kier molecular flexibility index (Phi) is 7.60. The van der Waals surface area contributed by atoms with Gasteiger partial charge in [0.25, 0.3) is 0 Å². The first-order valence-electron chi connectivity index (χ1n) is 9.42. The number of carbonyl (C=O) groups is 1. The number of rotatable bonds is 8. The van der Waals surface area contributed by atoms with Crippen molar-refractivity contribution in [1.82, 2.24) is 14.3 Å². The van der Waals surface area contributed by atoms with Crippen LogP contribution in [0.4, 0.5) is 0 Å². The molecular formula is C18H29N3O5S2. The molecule has 0 spiro atoms. The molecule has 1 aliphatic heterocycles. The lowest BCUT2D eigenvalue weighted by atomic mass is 10.0.